The number of nitrogens with one attached hydrogen (secondary N) is 2. The van der Waals surface area contributed by atoms with Crippen molar-refractivity contribution in [1.82, 2.24) is 0 Å². The van der Waals surface area contributed by atoms with E-state index in [4.69, 9.17) is 16.3 Å². The van der Waals surface area contributed by atoms with Crippen molar-refractivity contribution < 1.29 is 17.9 Å². The van der Waals surface area contributed by atoms with Crippen LogP contribution in [0.5, 0.6) is 5.75 Å². The lowest BCUT2D eigenvalue weighted by Crippen LogP contribution is -2.15. The Morgan fingerprint density at radius 1 is 0.964 bits per heavy atom. The molecule has 0 atom stereocenters. The molecule has 0 fully saturated rings. The third-order valence-corrected chi connectivity index (χ3v) is 5.46. The molecule has 0 spiro atoms. The van der Waals surface area contributed by atoms with Crippen LogP contribution in [0.25, 0.3) is 0 Å². The summed E-state index contributed by atoms with van der Waals surface area (Å²) in [5, 5.41) is 3.09. The Hall–Kier alpha value is -3.03. The molecule has 3 rings (SSSR count). The smallest absolute Gasteiger partial charge is 0.261 e. The van der Waals surface area contributed by atoms with Crippen LogP contribution in [0.2, 0.25) is 5.02 Å². The Balaban J connectivity index is 1.90. The third-order valence-electron chi connectivity index (χ3n) is 3.84. The third kappa shape index (κ3) is 4.62. The SMILES string of the molecule is COc1ccc(S(=O)(=O)Nc2cccc(Cl)c2)cc1NC(=O)c1ccccc1. The van der Waals surface area contributed by atoms with E-state index in [9.17, 15) is 13.2 Å². The van der Waals surface area contributed by atoms with Crippen LogP contribution in [0.15, 0.2) is 77.7 Å². The molecule has 8 heteroatoms. The Labute approximate surface area is 168 Å². The normalized spacial score (nSPS) is 10.9. The molecule has 0 aliphatic rings. The van der Waals surface area contributed by atoms with Gasteiger partial charge in [-0.15, -0.1) is 0 Å². The average molecular weight is 417 g/mol. The largest absolute Gasteiger partial charge is 0.495 e. The fourth-order valence-corrected chi connectivity index (χ4v) is 3.77. The second-order valence-electron chi connectivity index (χ2n) is 5.80. The molecule has 0 saturated heterocycles. The summed E-state index contributed by atoms with van der Waals surface area (Å²) in [5.41, 5.74) is 1.01. The summed E-state index contributed by atoms with van der Waals surface area (Å²) >= 11 is 5.90. The second-order valence-corrected chi connectivity index (χ2v) is 7.92. The van der Waals surface area contributed by atoms with Crippen LogP contribution < -0.4 is 14.8 Å². The predicted molar refractivity (Wildman–Crippen MR) is 110 cm³/mol. The van der Waals surface area contributed by atoms with E-state index in [2.05, 4.69) is 10.0 Å². The molecule has 144 valence electrons. The highest BCUT2D eigenvalue weighted by molar-refractivity contribution is 7.92. The molecule has 2 N–H and O–H groups in total. The van der Waals surface area contributed by atoms with E-state index >= 15 is 0 Å². The van der Waals surface area contributed by atoms with Gasteiger partial charge in [0.05, 0.1) is 23.4 Å². The van der Waals surface area contributed by atoms with E-state index in [1.54, 1.807) is 48.5 Å². The number of sulfonamides is 1. The van der Waals surface area contributed by atoms with Crippen molar-refractivity contribution in [1.29, 1.82) is 0 Å². The van der Waals surface area contributed by atoms with E-state index in [0.717, 1.165) is 0 Å². The Kier molecular flexibility index (Phi) is 5.87. The summed E-state index contributed by atoms with van der Waals surface area (Å²) in [5.74, 6) is -0.0396. The number of ether oxygens (including phenoxy) is 1. The van der Waals surface area contributed by atoms with Gasteiger partial charge in [-0.1, -0.05) is 35.9 Å². The van der Waals surface area contributed by atoms with E-state index in [1.165, 1.54) is 31.4 Å². The highest BCUT2D eigenvalue weighted by atomic mass is 35.5. The highest BCUT2D eigenvalue weighted by Gasteiger charge is 2.18. The van der Waals surface area contributed by atoms with Gasteiger partial charge in [0.15, 0.2) is 0 Å². The fourth-order valence-electron chi connectivity index (χ4n) is 2.50. The summed E-state index contributed by atoms with van der Waals surface area (Å²) in [4.78, 5) is 12.4. The van der Waals surface area contributed by atoms with Gasteiger partial charge in [0.25, 0.3) is 15.9 Å². The maximum Gasteiger partial charge on any atom is 0.261 e. The minimum absolute atomic E-state index is 0.0309. The zero-order valence-corrected chi connectivity index (χ0v) is 16.4. The molecule has 28 heavy (non-hydrogen) atoms. The van der Waals surface area contributed by atoms with Crippen molar-refractivity contribution in [3.63, 3.8) is 0 Å². The molecular weight excluding hydrogens is 400 g/mol. The lowest BCUT2D eigenvalue weighted by Gasteiger charge is -2.13. The molecule has 6 nitrogen and oxygen atoms in total. The first-order valence-corrected chi connectivity index (χ1v) is 10.1. The Morgan fingerprint density at radius 3 is 2.39 bits per heavy atom. The number of hydrogen-bond donors (Lipinski definition) is 2. The molecule has 0 heterocycles. The molecule has 0 bridgehead atoms. The van der Waals surface area contributed by atoms with Gasteiger partial charge in [-0.25, -0.2) is 8.42 Å². The molecular formula is C20H17ClN2O4S. The molecule has 3 aromatic carbocycles. The quantitative estimate of drug-likeness (QED) is 0.623. The predicted octanol–water partition coefficient (Wildman–Crippen LogP) is 4.40. The van der Waals surface area contributed by atoms with Crippen LogP contribution in [0, 0.1) is 0 Å². The summed E-state index contributed by atoms with van der Waals surface area (Å²) in [6.07, 6.45) is 0. The summed E-state index contributed by atoms with van der Waals surface area (Å²) in [6, 6.07) is 19.2. The van der Waals surface area contributed by atoms with E-state index in [-0.39, 0.29) is 16.5 Å². The van der Waals surface area contributed by atoms with Gasteiger partial charge in [-0.3, -0.25) is 9.52 Å². The number of carbonyl (C=O) groups is 1. The van der Waals surface area contributed by atoms with Crippen LogP contribution >= 0.6 is 11.6 Å². The van der Waals surface area contributed by atoms with Gasteiger partial charge in [-0.05, 0) is 48.5 Å². The monoisotopic (exact) mass is 416 g/mol. The van der Waals surface area contributed by atoms with E-state index in [1.807, 2.05) is 0 Å². The van der Waals surface area contributed by atoms with Crippen molar-refractivity contribution in [2.75, 3.05) is 17.1 Å². The highest BCUT2D eigenvalue weighted by Crippen LogP contribution is 2.29. The first-order valence-electron chi connectivity index (χ1n) is 8.22. The standard InChI is InChI=1S/C20H17ClN2O4S/c1-27-19-11-10-17(28(25,26)23-16-9-5-8-15(21)12-16)13-18(19)22-20(24)14-6-3-2-4-7-14/h2-13,23H,1H3,(H,22,24). The molecule has 0 unspecified atom stereocenters. The summed E-state index contributed by atoms with van der Waals surface area (Å²) in [7, 11) is -2.46. The number of hydrogen-bond acceptors (Lipinski definition) is 4. The van der Waals surface area contributed by atoms with E-state index in [0.29, 0.717) is 22.0 Å². The van der Waals surface area contributed by atoms with E-state index < -0.39 is 10.0 Å². The van der Waals surface area contributed by atoms with Gasteiger partial charge in [0, 0.05) is 10.6 Å². The number of anilines is 2. The van der Waals surface area contributed by atoms with Gasteiger partial charge in [0.1, 0.15) is 5.75 Å². The lowest BCUT2D eigenvalue weighted by molar-refractivity contribution is 0.102. The fraction of sp³-hybridized carbons (Fsp3) is 0.0500. The first kappa shape index (κ1) is 19.7. The van der Waals surface area contributed by atoms with Crippen molar-refractivity contribution in [2.45, 2.75) is 4.90 Å². The number of methoxy groups -OCH3 is 1. The lowest BCUT2D eigenvalue weighted by atomic mass is 10.2. The first-order chi connectivity index (χ1) is 13.4. The van der Waals surface area contributed by atoms with Crippen molar-refractivity contribution in [3.8, 4) is 5.75 Å². The molecule has 0 aliphatic carbocycles. The van der Waals surface area contributed by atoms with Crippen molar-refractivity contribution in [2.24, 2.45) is 0 Å². The van der Waals surface area contributed by atoms with Gasteiger partial charge < -0.3 is 10.1 Å². The average Bonchev–Trinajstić information content (AvgIpc) is 2.68. The number of halogens is 1. The van der Waals surface area contributed by atoms with Gasteiger partial charge in [0.2, 0.25) is 0 Å². The van der Waals surface area contributed by atoms with Crippen LogP contribution in [0.1, 0.15) is 10.4 Å². The molecule has 1 amide bonds. The van der Waals surface area contributed by atoms with Crippen molar-refractivity contribution in [3.05, 3.63) is 83.4 Å². The molecule has 0 radical (unpaired) electrons. The molecule has 0 aliphatic heterocycles. The minimum atomic E-state index is -3.89. The molecule has 0 saturated carbocycles. The van der Waals surface area contributed by atoms with Gasteiger partial charge >= 0.3 is 0 Å². The van der Waals surface area contributed by atoms with Crippen LogP contribution in [-0.4, -0.2) is 21.4 Å². The zero-order valence-electron chi connectivity index (χ0n) is 14.8. The summed E-state index contributed by atoms with van der Waals surface area (Å²) in [6.45, 7) is 0. The van der Waals surface area contributed by atoms with Crippen LogP contribution in [0.3, 0.4) is 0 Å². The Bertz CT molecular complexity index is 1100. The number of amides is 1. The number of benzene rings is 3. The van der Waals surface area contributed by atoms with Gasteiger partial charge in [-0.2, -0.15) is 0 Å². The number of carbonyl (C=O) groups excluding carboxylic acids is 1. The second kappa shape index (κ2) is 8.33. The molecule has 3 aromatic rings. The van der Waals surface area contributed by atoms with Crippen LogP contribution in [-0.2, 0) is 10.0 Å². The topological polar surface area (TPSA) is 84.5 Å². The van der Waals surface area contributed by atoms with Crippen molar-refractivity contribution >= 4 is 38.9 Å². The zero-order chi connectivity index (χ0) is 20.1. The number of rotatable bonds is 6. The van der Waals surface area contributed by atoms with Crippen LogP contribution in [0.4, 0.5) is 11.4 Å². The maximum absolute atomic E-state index is 12.7. The minimum Gasteiger partial charge on any atom is -0.495 e. The maximum atomic E-state index is 12.7. The molecule has 0 aromatic heterocycles. The summed E-state index contributed by atoms with van der Waals surface area (Å²) < 4.78 is 33.1. The Morgan fingerprint density at radius 2 is 1.71 bits per heavy atom.